The molecule has 1 atom stereocenters. The molecule has 0 saturated carbocycles. The highest BCUT2D eigenvalue weighted by Gasteiger charge is 2.08. The van der Waals surface area contributed by atoms with Crippen LogP contribution < -0.4 is 10.6 Å². The molecule has 2 amide bonds. The van der Waals surface area contributed by atoms with Gasteiger partial charge in [0, 0.05) is 10.9 Å². The summed E-state index contributed by atoms with van der Waals surface area (Å²) in [7, 11) is 0. The second kappa shape index (κ2) is 7.41. The Kier molecular flexibility index (Phi) is 6.19. The highest BCUT2D eigenvalue weighted by Crippen LogP contribution is 2.14. The Labute approximate surface area is 114 Å². The Morgan fingerprint density at radius 1 is 1.33 bits per heavy atom. The third kappa shape index (κ3) is 5.54. The molecule has 3 nitrogen and oxygen atoms in total. The molecule has 1 unspecified atom stereocenters. The van der Waals surface area contributed by atoms with Crippen LogP contribution in [0, 0.1) is 12.8 Å². The van der Waals surface area contributed by atoms with Gasteiger partial charge in [0.2, 0.25) is 0 Å². The average molecular weight is 268 g/mol. The van der Waals surface area contributed by atoms with E-state index < -0.39 is 0 Å². The van der Waals surface area contributed by atoms with E-state index in [1.165, 1.54) is 10.4 Å². The zero-order chi connectivity index (χ0) is 13.5. The fourth-order valence-corrected chi connectivity index (χ4v) is 2.52. The molecule has 0 aliphatic heterocycles. The molecule has 0 radical (unpaired) electrons. The van der Waals surface area contributed by atoms with Gasteiger partial charge in [-0.05, 0) is 49.6 Å². The number of amides is 2. The molecule has 0 fully saturated rings. The third-order valence-corrected chi connectivity index (χ3v) is 3.96. The first-order valence-corrected chi connectivity index (χ1v) is 7.44. The van der Waals surface area contributed by atoms with Gasteiger partial charge >= 0.3 is 6.03 Å². The van der Waals surface area contributed by atoms with E-state index in [0.717, 1.165) is 12.8 Å². The van der Waals surface area contributed by atoms with E-state index in [-0.39, 0.29) is 12.1 Å². The molecule has 4 heteroatoms. The molecule has 0 bridgehead atoms. The van der Waals surface area contributed by atoms with Gasteiger partial charge < -0.3 is 10.6 Å². The molecule has 0 aliphatic carbocycles. The van der Waals surface area contributed by atoms with Crippen LogP contribution in [0.1, 0.15) is 44.1 Å². The van der Waals surface area contributed by atoms with Crippen molar-refractivity contribution in [3.8, 4) is 0 Å². The van der Waals surface area contributed by atoms with Crippen molar-refractivity contribution < 1.29 is 4.79 Å². The summed E-state index contributed by atoms with van der Waals surface area (Å²) in [5.41, 5.74) is 1.24. The fraction of sp³-hybridized carbons (Fsp3) is 0.643. The number of thiophene rings is 1. The zero-order valence-corrected chi connectivity index (χ0v) is 12.6. The predicted octanol–water partition coefficient (Wildman–Crippen LogP) is 3.68. The van der Waals surface area contributed by atoms with Crippen molar-refractivity contribution in [2.45, 2.75) is 53.1 Å². The van der Waals surface area contributed by atoms with Gasteiger partial charge in [0.15, 0.2) is 0 Å². The molecule has 102 valence electrons. The number of carbonyl (C=O) groups is 1. The predicted molar refractivity (Wildman–Crippen MR) is 78.0 cm³/mol. The van der Waals surface area contributed by atoms with E-state index in [1.807, 2.05) is 0 Å². The van der Waals surface area contributed by atoms with Crippen LogP contribution in [0.4, 0.5) is 4.79 Å². The van der Waals surface area contributed by atoms with Gasteiger partial charge in [0.25, 0.3) is 0 Å². The van der Waals surface area contributed by atoms with Gasteiger partial charge in [-0.3, -0.25) is 0 Å². The SMILES string of the molecule is Cc1ccsc1CNC(=O)NC(C)CCC(C)C. The van der Waals surface area contributed by atoms with Crippen LogP contribution in [0.3, 0.4) is 0 Å². The molecule has 18 heavy (non-hydrogen) atoms. The number of hydrogen-bond donors (Lipinski definition) is 2. The van der Waals surface area contributed by atoms with Gasteiger partial charge in [-0.1, -0.05) is 13.8 Å². The van der Waals surface area contributed by atoms with Crippen molar-refractivity contribution in [2.24, 2.45) is 5.92 Å². The maximum Gasteiger partial charge on any atom is 0.315 e. The second-order valence-electron chi connectivity index (χ2n) is 5.23. The fourth-order valence-electron chi connectivity index (χ4n) is 1.68. The Morgan fingerprint density at radius 2 is 2.06 bits per heavy atom. The molecule has 0 saturated heterocycles. The minimum absolute atomic E-state index is 0.0703. The first-order valence-electron chi connectivity index (χ1n) is 6.56. The van der Waals surface area contributed by atoms with Crippen molar-refractivity contribution in [3.63, 3.8) is 0 Å². The van der Waals surface area contributed by atoms with Gasteiger partial charge in [0.05, 0.1) is 6.54 Å². The topological polar surface area (TPSA) is 41.1 Å². The van der Waals surface area contributed by atoms with Gasteiger partial charge in [-0.15, -0.1) is 11.3 Å². The number of urea groups is 1. The van der Waals surface area contributed by atoms with Crippen LogP contribution in [0.2, 0.25) is 0 Å². The number of aryl methyl sites for hydroxylation is 1. The quantitative estimate of drug-likeness (QED) is 0.812. The highest BCUT2D eigenvalue weighted by molar-refractivity contribution is 7.10. The molecule has 1 rings (SSSR count). The normalized spacial score (nSPS) is 12.5. The molecule has 1 aromatic rings. The zero-order valence-electron chi connectivity index (χ0n) is 11.7. The average Bonchev–Trinajstić information content (AvgIpc) is 2.69. The van der Waals surface area contributed by atoms with E-state index in [1.54, 1.807) is 11.3 Å². The summed E-state index contributed by atoms with van der Waals surface area (Å²) in [6, 6.07) is 2.24. The van der Waals surface area contributed by atoms with Crippen molar-refractivity contribution in [2.75, 3.05) is 0 Å². The lowest BCUT2D eigenvalue weighted by Crippen LogP contribution is -2.40. The third-order valence-electron chi connectivity index (χ3n) is 2.93. The Bertz CT molecular complexity index is 374. The Hall–Kier alpha value is -1.03. The molecular weight excluding hydrogens is 244 g/mol. The summed E-state index contributed by atoms with van der Waals surface area (Å²) in [6.45, 7) is 9.14. The number of rotatable bonds is 6. The van der Waals surface area contributed by atoms with Crippen LogP contribution in [-0.4, -0.2) is 12.1 Å². The molecule has 2 N–H and O–H groups in total. The van der Waals surface area contributed by atoms with Crippen LogP contribution in [0.5, 0.6) is 0 Å². The number of hydrogen-bond acceptors (Lipinski definition) is 2. The summed E-state index contributed by atoms with van der Waals surface area (Å²) in [5.74, 6) is 0.686. The van der Waals surface area contributed by atoms with Gasteiger partial charge in [0.1, 0.15) is 0 Å². The molecule has 1 aromatic heterocycles. The van der Waals surface area contributed by atoms with Gasteiger partial charge in [-0.25, -0.2) is 4.79 Å². The summed E-state index contributed by atoms with van der Waals surface area (Å²) < 4.78 is 0. The van der Waals surface area contributed by atoms with Crippen LogP contribution >= 0.6 is 11.3 Å². The van der Waals surface area contributed by atoms with Crippen LogP contribution in [0.15, 0.2) is 11.4 Å². The summed E-state index contributed by atoms with van der Waals surface area (Å²) in [5, 5.41) is 7.93. The molecular formula is C14H24N2OS. The van der Waals surface area contributed by atoms with E-state index in [2.05, 4.69) is 49.8 Å². The molecule has 0 spiro atoms. The van der Waals surface area contributed by atoms with E-state index in [4.69, 9.17) is 0 Å². The van der Waals surface area contributed by atoms with Crippen LogP contribution in [0.25, 0.3) is 0 Å². The summed E-state index contributed by atoms with van der Waals surface area (Å²) in [4.78, 5) is 12.9. The Balaban J connectivity index is 2.23. The molecule has 1 heterocycles. The van der Waals surface area contributed by atoms with E-state index >= 15 is 0 Å². The van der Waals surface area contributed by atoms with Crippen molar-refractivity contribution >= 4 is 17.4 Å². The van der Waals surface area contributed by atoms with E-state index in [9.17, 15) is 4.79 Å². The van der Waals surface area contributed by atoms with E-state index in [0.29, 0.717) is 12.5 Å². The lowest BCUT2D eigenvalue weighted by molar-refractivity contribution is 0.236. The van der Waals surface area contributed by atoms with Crippen LogP contribution in [-0.2, 0) is 6.54 Å². The summed E-state index contributed by atoms with van der Waals surface area (Å²) >= 11 is 1.68. The smallest absolute Gasteiger partial charge is 0.315 e. The maximum atomic E-state index is 11.7. The standard InChI is InChI=1S/C14H24N2OS/c1-10(2)5-6-12(4)16-14(17)15-9-13-11(3)7-8-18-13/h7-8,10,12H,5-6,9H2,1-4H3,(H2,15,16,17). The van der Waals surface area contributed by atoms with Gasteiger partial charge in [-0.2, -0.15) is 0 Å². The monoisotopic (exact) mass is 268 g/mol. The van der Waals surface area contributed by atoms with Crippen molar-refractivity contribution in [1.82, 2.24) is 10.6 Å². The largest absolute Gasteiger partial charge is 0.336 e. The minimum Gasteiger partial charge on any atom is -0.336 e. The first-order chi connectivity index (χ1) is 8.49. The van der Waals surface area contributed by atoms with Crippen molar-refractivity contribution in [1.29, 1.82) is 0 Å². The Morgan fingerprint density at radius 3 is 2.61 bits per heavy atom. The first kappa shape index (κ1) is 15.0. The number of carbonyl (C=O) groups excluding carboxylic acids is 1. The minimum atomic E-state index is -0.0703. The van der Waals surface area contributed by atoms with Crippen molar-refractivity contribution in [3.05, 3.63) is 21.9 Å². The highest BCUT2D eigenvalue weighted by atomic mass is 32.1. The lowest BCUT2D eigenvalue weighted by Gasteiger charge is -2.15. The maximum absolute atomic E-state index is 11.7. The summed E-state index contributed by atoms with van der Waals surface area (Å²) in [6.07, 6.45) is 2.18. The lowest BCUT2D eigenvalue weighted by atomic mass is 10.0. The molecule has 0 aromatic carbocycles. The number of nitrogens with one attached hydrogen (secondary N) is 2. The second-order valence-corrected chi connectivity index (χ2v) is 6.23. The molecule has 0 aliphatic rings.